The summed E-state index contributed by atoms with van der Waals surface area (Å²) in [6.45, 7) is 5.62. The van der Waals surface area contributed by atoms with Crippen LogP contribution in [0.25, 0.3) is 11.3 Å². The molecule has 0 spiro atoms. The highest BCUT2D eigenvalue weighted by Crippen LogP contribution is 2.28. The minimum atomic E-state index is -0.348. The zero-order valence-electron chi connectivity index (χ0n) is 13.5. The Morgan fingerprint density at radius 1 is 1.30 bits per heavy atom. The lowest BCUT2D eigenvalue weighted by molar-refractivity contribution is 0.0950. The van der Waals surface area contributed by atoms with Crippen molar-refractivity contribution in [2.24, 2.45) is 0 Å². The zero-order chi connectivity index (χ0) is 17.1. The number of aryl methyl sites for hydroxylation is 1. The Kier molecular flexibility index (Phi) is 4.47. The van der Waals surface area contributed by atoms with Gasteiger partial charge in [0, 0.05) is 18.7 Å². The van der Waals surface area contributed by atoms with Crippen LogP contribution in [0.1, 0.15) is 47.1 Å². The molecule has 0 aliphatic rings. The first-order valence-electron chi connectivity index (χ1n) is 7.20. The zero-order valence-corrected chi connectivity index (χ0v) is 13.5. The highest BCUT2D eigenvalue weighted by atomic mass is 16.1. The Hall–Kier alpha value is -3.12. The number of nitriles is 2. The van der Waals surface area contributed by atoms with E-state index in [0.29, 0.717) is 16.8 Å². The number of carbonyl (C=O) groups is 1. The molecule has 2 rings (SSSR count). The van der Waals surface area contributed by atoms with Crippen molar-refractivity contribution in [2.45, 2.75) is 26.8 Å². The van der Waals surface area contributed by atoms with E-state index in [9.17, 15) is 10.1 Å². The number of amides is 1. The van der Waals surface area contributed by atoms with E-state index >= 15 is 0 Å². The molecule has 0 saturated heterocycles. The summed E-state index contributed by atoms with van der Waals surface area (Å²) in [6, 6.07) is 9.38. The van der Waals surface area contributed by atoms with Gasteiger partial charge in [0.1, 0.15) is 23.0 Å². The second-order valence-corrected chi connectivity index (χ2v) is 5.44. The molecule has 23 heavy (non-hydrogen) atoms. The number of benzene rings is 1. The van der Waals surface area contributed by atoms with Crippen LogP contribution < -0.4 is 5.32 Å². The Labute approximate surface area is 135 Å². The second kappa shape index (κ2) is 6.33. The van der Waals surface area contributed by atoms with Gasteiger partial charge in [-0.15, -0.1) is 0 Å². The molecule has 1 heterocycles. The summed E-state index contributed by atoms with van der Waals surface area (Å²) in [5, 5.41) is 25.6. The molecule has 6 nitrogen and oxygen atoms in total. The van der Waals surface area contributed by atoms with Crippen molar-refractivity contribution in [3.05, 3.63) is 40.6 Å². The molecule has 1 amide bonds. The molecule has 2 aromatic rings. The fourth-order valence-electron chi connectivity index (χ4n) is 2.39. The SMILES string of the molecule is CNC(=O)c1c(C#N)c(-c2ccc(C#N)c(C)c2)nn1C(C)C. The third-order valence-corrected chi connectivity index (χ3v) is 3.57. The van der Waals surface area contributed by atoms with Crippen molar-refractivity contribution in [2.75, 3.05) is 7.05 Å². The van der Waals surface area contributed by atoms with E-state index in [-0.39, 0.29) is 23.2 Å². The van der Waals surface area contributed by atoms with Gasteiger partial charge in [0.25, 0.3) is 5.91 Å². The van der Waals surface area contributed by atoms with Crippen LogP contribution in [0.2, 0.25) is 0 Å². The predicted molar refractivity (Wildman–Crippen MR) is 85.6 cm³/mol. The number of hydrogen-bond donors (Lipinski definition) is 1. The molecule has 1 aromatic heterocycles. The summed E-state index contributed by atoms with van der Waals surface area (Å²) in [5.41, 5.74) is 3.02. The molecule has 116 valence electrons. The van der Waals surface area contributed by atoms with E-state index in [1.54, 1.807) is 22.9 Å². The molecule has 0 radical (unpaired) electrons. The van der Waals surface area contributed by atoms with Crippen LogP contribution in [0.4, 0.5) is 0 Å². The maximum absolute atomic E-state index is 12.2. The molecule has 0 fully saturated rings. The van der Waals surface area contributed by atoms with Gasteiger partial charge in [0.2, 0.25) is 0 Å². The summed E-state index contributed by atoms with van der Waals surface area (Å²) in [5.74, 6) is -0.348. The third kappa shape index (κ3) is 2.79. The van der Waals surface area contributed by atoms with Crippen LogP contribution in [0.3, 0.4) is 0 Å². The van der Waals surface area contributed by atoms with E-state index in [2.05, 4.69) is 22.6 Å². The maximum atomic E-state index is 12.2. The van der Waals surface area contributed by atoms with E-state index < -0.39 is 0 Å². The molecule has 0 aliphatic heterocycles. The Balaban J connectivity index is 2.74. The number of hydrogen-bond acceptors (Lipinski definition) is 4. The smallest absolute Gasteiger partial charge is 0.270 e. The molecule has 1 N–H and O–H groups in total. The first kappa shape index (κ1) is 16.3. The lowest BCUT2D eigenvalue weighted by Crippen LogP contribution is -2.24. The molecule has 1 aromatic carbocycles. The molecule has 0 unspecified atom stereocenters. The van der Waals surface area contributed by atoms with Gasteiger partial charge in [0.05, 0.1) is 11.6 Å². The van der Waals surface area contributed by atoms with Crippen LogP contribution in [-0.2, 0) is 0 Å². The number of nitrogens with zero attached hydrogens (tertiary/aromatic N) is 4. The fraction of sp³-hybridized carbons (Fsp3) is 0.294. The van der Waals surface area contributed by atoms with Crippen molar-refractivity contribution < 1.29 is 4.79 Å². The number of nitrogens with one attached hydrogen (secondary N) is 1. The summed E-state index contributed by atoms with van der Waals surface area (Å²) >= 11 is 0. The Morgan fingerprint density at radius 2 is 2.00 bits per heavy atom. The van der Waals surface area contributed by atoms with Gasteiger partial charge in [-0.3, -0.25) is 9.48 Å². The predicted octanol–water partition coefficient (Wildman–Crippen LogP) is 2.54. The van der Waals surface area contributed by atoms with Crippen molar-refractivity contribution >= 4 is 5.91 Å². The van der Waals surface area contributed by atoms with Crippen molar-refractivity contribution in [1.29, 1.82) is 10.5 Å². The van der Waals surface area contributed by atoms with Crippen LogP contribution in [-0.4, -0.2) is 22.7 Å². The van der Waals surface area contributed by atoms with Gasteiger partial charge in [-0.05, 0) is 38.5 Å². The van der Waals surface area contributed by atoms with E-state index in [0.717, 1.165) is 5.56 Å². The van der Waals surface area contributed by atoms with Gasteiger partial charge in [0.15, 0.2) is 0 Å². The molecule has 6 heteroatoms. The quantitative estimate of drug-likeness (QED) is 0.942. The Morgan fingerprint density at radius 3 is 2.48 bits per heavy atom. The van der Waals surface area contributed by atoms with Crippen molar-refractivity contribution in [3.63, 3.8) is 0 Å². The second-order valence-electron chi connectivity index (χ2n) is 5.44. The molecule has 0 bridgehead atoms. The number of rotatable bonds is 3. The van der Waals surface area contributed by atoms with E-state index in [1.165, 1.54) is 7.05 Å². The maximum Gasteiger partial charge on any atom is 0.270 e. The molecule has 0 aliphatic carbocycles. The van der Waals surface area contributed by atoms with Gasteiger partial charge in [-0.25, -0.2) is 0 Å². The standard InChI is InChI=1S/C17H17N5O/c1-10(2)22-16(17(23)20-4)14(9-19)15(21-22)12-5-6-13(8-18)11(3)7-12/h5-7,10H,1-4H3,(H,20,23). The summed E-state index contributed by atoms with van der Waals surface area (Å²) < 4.78 is 1.56. The summed E-state index contributed by atoms with van der Waals surface area (Å²) in [6.07, 6.45) is 0. The minimum absolute atomic E-state index is 0.0670. The van der Waals surface area contributed by atoms with Crippen LogP contribution >= 0.6 is 0 Å². The highest BCUT2D eigenvalue weighted by Gasteiger charge is 2.25. The monoisotopic (exact) mass is 307 g/mol. The summed E-state index contributed by atoms with van der Waals surface area (Å²) in [4.78, 5) is 12.2. The van der Waals surface area contributed by atoms with Crippen molar-refractivity contribution in [3.8, 4) is 23.4 Å². The lowest BCUT2D eigenvalue weighted by Gasteiger charge is -2.09. The van der Waals surface area contributed by atoms with Crippen LogP contribution in [0.5, 0.6) is 0 Å². The third-order valence-electron chi connectivity index (χ3n) is 3.57. The highest BCUT2D eigenvalue weighted by molar-refractivity contribution is 5.97. The van der Waals surface area contributed by atoms with Crippen molar-refractivity contribution in [1.82, 2.24) is 15.1 Å². The molecule has 0 atom stereocenters. The largest absolute Gasteiger partial charge is 0.354 e. The topological polar surface area (TPSA) is 94.5 Å². The first-order chi connectivity index (χ1) is 10.9. The number of aromatic nitrogens is 2. The first-order valence-corrected chi connectivity index (χ1v) is 7.20. The van der Waals surface area contributed by atoms with Crippen LogP contribution in [0, 0.1) is 29.6 Å². The lowest BCUT2D eigenvalue weighted by atomic mass is 10.0. The average molecular weight is 307 g/mol. The fourth-order valence-corrected chi connectivity index (χ4v) is 2.39. The normalized spacial score (nSPS) is 10.2. The van der Waals surface area contributed by atoms with E-state index in [4.69, 9.17) is 5.26 Å². The summed E-state index contributed by atoms with van der Waals surface area (Å²) in [7, 11) is 1.52. The van der Waals surface area contributed by atoms with Gasteiger partial charge in [-0.1, -0.05) is 6.07 Å². The van der Waals surface area contributed by atoms with Gasteiger partial charge >= 0.3 is 0 Å². The molecular formula is C17H17N5O. The molecule has 0 saturated carbocycles. The minimum Gasteiger partial charge on any atom is -0.354 e. The average Bonchev–Trinajstić information content (AvgIpc) is 2.93. The van der Waals surface area contributed by atoms with Gasteiger partial charge < -0.3 is 5.32 Å². The Bertz CT molecular complexity index is 849. The molecular weight excluding hydrogens is 290 g/mol. The van der Waals surface area contributed by atoms with Crippen LogP contribution in [0.15, 0.2) is 18.2 Å². The van der Waals surface area contributed by atoms with E-state index in [1.807, 2.05) is 20.8 Å². The van der Waals surface area contributed by atoms with Gasteiger partial charge in [-0.2, -0.15) is 15.6 Å². The number of carbonyl (C=O) groups excluding carboxylic acids is 1.